The summed E-state index contributed by atoms with van der Waals surface area (Å²) >= 11 is 1.37. The largest absolute Gasteiger partial charge is 0.340 e. The molecule has 2 heterocycles. The molecule has 1 aliphatic rings. The summed E-state index contributed by atoms with van der Waals surface area (Å²) in [5.41, 5.74) is 5.67. The molecule has 5 nitrogen and oxygen atoms in total. The normalized spacial score (nSPS) is 23.6. The average Bonchev–Trinajstić information content (AvgIpc) is 3.06. The van der Waals surface area contributed by atoms with Gasteiger partial charge in [-0.05, 0) is 44.2 Å². The molecule has 2 rings (SSSR count). The van der Waals surface area contributed by atoms with Gasteiger partial charge in [0, 0.05) is 12.6 Å². The second kappa shape index (κ2) is 6.37. The zero-order valence-corrected chi connectivity index (χ0v) is 12.7. The molecule has 2 amide bonds. The Hall–Kier alpha value is -1.40. The van der Waals surface area contributed by atoms with Gasteiger partial charge in [-0.15, -0.1) is 11.3 Å². The molecule has 0 bridgehead atoms. The Balaban J connectivity index is 1.94. The van der Waals surface area contributed by atoms with Crippen molar-refractivity contribution < 1.29 is 9.59 Å². The van der Waals surface area contributed by atoms with Gasteiger partial charge in [-0.2, -0.15) is 0 Å². The highest BCUT2D eigenvalue weighted by Crippen LogP contribution is 2.22. The van der Waals surface area contributed by atoms with E-state index >= 15 is 0 Å². The first kappa shape index (κ1) is 15.0. The number of carbonyl (C=O) groups excluding carboxylic acids is 2. The number of thiophene rings is 1. The first-order valence-corrected chi connectivity index (χ1v) is 7.75. The summed E-state index contributed by atoms with van der Waals surface area (Å²) in [6.07, 6.45) is 0.938. The minimum Gasteiger partial charge on any atom is -0.340 e. The predicted molar refractivity (Wildman–Crippen MR) is 79.6 cm³/mol. The van der Waals surface area contributed by atoms with E-state index in [-0.39, 0.29) is 17.9 Å². The lowest BCUT2D eigenvalue weighted by atomic mass is 10.1. The van der Waals surface area contributed by atoms with E-state index in [9.17, 15) is 9.59 Å². The molecule has 1 aliphatic heterocycles. The number of nitrogens with one attached hydrogen (secondary N) is 1. The van der Waals surface area contributed by atoms with Crippen molar-refractivity contribution in [2.24, 2.45) is 11.7 Å². The summed E-state index contributed by atoms with van der Waals surface area (Å²) in [5.74, 6) is 0.149. The summed E-state index contributed by atoms with van der Waals surface area (Å²) < 4.78 is 0. The Labute approximate surface area is 123 Å². The minimum absolute atomic E-state index is 0.0293. The maximum atomic E-state index is 12.4. The SMILES string of the molecule is CC(NC(=O)c1cccs1)C(=O)N1CC(CN)CC1C. The topological polar surface area (TPSA) is 75.4 Å². The molecule has 1 saturated heterocycles. The van der Waals surface area contributed by atoms with Gasteiger partial charge in [0.05, 0.1) is 4.88 Å². The van der Waals surface area contributed by atoms with E-state index in [0.29, 0.717) is 23.9 Å². The van der Waals surface area contributed by atoms with Crippen LogP contribution in [0.3, 0.4) is 0 Å². The first-order valence-electron chi connectivity index (χ1n) is 6.87. The number of carbonyl (C=O) groups is 2. The van der Waals surface area contributed by atoms with Gasteiger partial charge in [-0.1, -0.05) is 6.07 Å². The fraction of sp³-hybridized carbons (Fsp3) is 0.571. The molecule has 1 aromatic heterocycles. The standard InChI is InChI=1S/C14H21N3O2S/c1-9-6-11(7-15)8-17(9)14(19)10(2)16-13(18)12-4-3-5-20-12/h3-5,9-11H,6-8,15H2,1-2H3,(H,16,18). The van der Waals surface area contributed by atoms with Gasteiger partial charge in [0.25, 0.3) is 5.91 Å². The Kier molecular flexibility index (Phi) is 4.77. The van der Waals surface area contributed by atoms with Crippen LogP contribution in [0.1, 0.15) is 29.9 Å². The zero-order valence-electron chi connectivity index (χ0n) is 11.8. The third-order valence-corrected chi connectivity index (χ3v) is 4.61. The highest BCUT2D eigenvalue weighted by atomic mass is 32.1. The molecule has 6 heteroatoms. The van der Waals surface area contributed by atoms with Gasteiger partial charge in [0.2, 0.25) is 5.91 Å². The van der Waals surface area contributed by atoms with Gasteiger partial charge in [-0.3, -0.25) is 9.59 Å². The summed E-state index contributed by atoms with van der Waals surface area (Å²) in [4.78, 5) is 26.8. The van der Waals surface area contributed by atoms with E-state index in [1.165, 1.54) is 11.3 Å². The fourth-order valence-corrected chi connectivity index (χ4v) is 3.23. The number of amides is 2. The van der Waals surface area contributed by atoms with Crippen molar-refractivity contribution >= 4 is 23.2 Å². The van der Waals surface area contributed by atoms with Gasteiger partial charge in [0.1, 0.15) is 6.04 Å². The molecule has 3 N–H and O–H groups in total. The summed E-state index contributed by atoms with van der Waals surface area (Å²) in [6, 6.07) is 3.25. The number of nitrogens with zero attached hydrogens (tertiary/aromatic N) is 1. The molecule has 1 fully saturated rings. The number of hydrogen-bond acceptors (Lipinski definition) is 4. The molecule has 0 aromatic carbocycles. The van der Waals surface area contributed by atoms with Crippen LogP contribution in [0.15, 0.2) is 17.5 Å². The van der Waals surface area contributed by atoms with Crippen LogP contribution in [0.2, 0.25) is 0 Å². The van der Waals surface area contributed by atoms with E-state index in [4.69, 9.17) is 5.73 Å². The lowest BCUT2D eigenvalue weighted by Crippen LogP contribution is -2.48. The smallest absolute Gasteiger partial charge is 0.261 e. The van der Waals surface area contributed by atoms with Crippen LogP contribution >= 0.6 is 11.3 Å². The number of likely N-dealkylation sites (tertiary alicyclic amines) is 1. The molecule has 1 aromatic rings. The van der Waals surface area contributed by atoms with E-state index in [1.807, 2.05) is 23.3 Å². The number of nitrogens with two attached hydrogens (primary N) is 1. The lowest BCUT2D eigenvalue weighted by Gasteiger charge is -2.25. The Morgan fingerprint density at radius 1 is 1.60 bits per heavy atom. The molecule has 20 heavy (non-hydrogen) atoms. The Morgan fingerprint density at radius 2 is 2.35 bits per heavy atom. The third kappa shape index (κ3) is 3.19. The van der Waals surface area contributed by atoms with Crippen molar-refractivity contribution in [2.75, 3.05) is 13.1 Å². The molecule has 0 aliphatic carbocycles. The molecule has 0 saturated carbocycles. The Morgan fingerprint density at radius 3 is 2.90 bits per heavy atom. The average molecular weight is 295 g/mol. The van der Waals surface area contributed by atoms with Crippen molar-refractivity contribution in [1.82, 2.24) is 10.2 Å². The van der Waals surface area contributed by atoms with Crippen LogP contribution in [-0.2, 0) is 4.79 Å². The van der Waals surface area contributed by atoms with Crippen molar-refractivity contribution in [3.8, 4) is 0 Å². The third-order valence-electron chi connectivity index (χ3n) is 3.74. The van der Waals surface area contributed by atoms with E-state index in [1.54, 1.807) is 13.0 Å². The van der Waals surface area contributed by atoms with Crippen molar-refractivity contribution in [2.45, 2.75) is 32.4 Å². The van der Waals surface area contributed by atoms with E-state index in [2.05, 4.69) is 5.32 Å². The van der Waals surface area contributed by atoms with Crippen LogP contribution in [0.5, 0.6) is 0 Å². The van der Waals surface area contributed by atoms with Crippen LogP contribution in [0, 0.1) is 5.92 Å². The van der Waals surface area contributed by atoms with Gasteiger partial charge >= 0.3 is 0 Å². The Bertz CT molecular complexity index is 475. The van der Waals surface area contributed by atoms with E-state index < -0.39 is 6.04 Å². The molecular weight excluding hydrogens is 274 g/mol. The predicted octanol–water partition coefficient (Wildman–Crippen LogP) is 1.06. The molecule has 0 radical (unpaired) electrons. The van der Waals surface area contributed by atoms with Gasteiger partial charge in [-0.25, -0.2) is 0 Å². The second-order valence-electron chi connectivity index (χ2n) is 5.35. The molecule has 0 spiro atoms. The van der Waals surface area contributed by atoms with Gasteiger partial charge in [0.15, 0.2) is 0 Å². The number of rotatable bonds is 4. The fourth-order valence-electron chi connectivity index (χ4n) is 2.61. The lowest BCUT2D eigenvalue weighted by molar-refractivity contribution is -0.133. The monoisotopic (exact) mass is 295 g/mol. The molecule has 110 valence electrons. The number of hydrogen-bond donors (Lipinski definition) is 2. The summed E-state index contributed by atoms with van der Waals surface area (Å²) in [5, 5.41) is 4.60. The maximum absolute atomic E-state index is 12.4. The van der Waals surface area contributed by atoms with Crippen LogP contribution in [-0.4, -0.2) is 41.9 Å². The second-order valence-corrected chi connectivity index (χ2v) is 6.30. The van der Waals surface area contributed by atoms with Crippen LogP contribution in [0.4, 0.5) is 0 Å². The highest BCUT2D eigenvalue weighted by molar-refractivity contribution is 7.12. The van der Waals surface area contributed by atoms with Crippen molar-refractivity contribution in [3.63, 3.8) is 0 Å². The molecule has 3 unspecified atom stereocenters. The van der Waals surface area contributed by atoms with Crippen LogP contribution in [0.25, 0.3) is 0 Å². The van der Waals surface area contributed by atoms with Gasteiger partial charge < -0.3 is 16.0 Å². The van der Waals surface area contributed by atoms with Crippen molar-refractivity contribution in [1.29, 1.82) is 0 Å². The summed E-state index contributed by atoms with van der Waals surface area (Å²) in [7, 11) is 0. The molecular formula is C14H21N3O2S. The zero-order chi connectivity index (χ0) is 14.7. The highest BCUT2D eigenvalue weighted by Gasteiger charge is 2.34. The van der Waals surface area contributed by atoms with E-state index in [0.717, 1.165) is 6.42 Å². The maximum Gasteiger partial charge on any atom is 0.261 e. The van der Waals surface area contributed by atoms with Crippen molar-refractivity contribution in [3.05, 3.63) is 22.4 Å². The minimum atomic E-state index is -0.511. The van der Waals surface area contributed by atoms with Crippen LogP contribution < -0.4 is 11.1 Å². The molecule has 3 atom stereocenters. The quantitative estimate of drug-likeness (QED) is 0.872. The first-order chi connectivity index (χ1) is 9.52. The summed E-state index contributed by atoms with van der Waals surface area (Å²) in [6.45, 7) is 5.05.